The molecule has 7 heteroatoms. The molecule has 1 aliphatic heterocycles. The molecule has 0 bridgehead atoms. The number of hydrogen-bond acceptors (Lipinski definition) is 5. The molecule has 0 spiro atoms. The summed E-state index contributed by atoms with van der Waals surface area (Å²) in [5.74, 6) is 1.43. The Hall–Kier alpha value is -2.73. The molecule has 6 nitrogen and oxygen atoms in total. The number of hydrogen-bond donors (Lipinski definition) is 1. The van der Waals surface area contributed by atoms with Crippen LogP contribution in [0, 0.1) is 0 Å². The SMILES string of the molecule is C/C(=N\NC(=O)COc1ccccc1Cl)c1ccc2c(c1)OCO2. The van der Waals surface area contributed by atoms with Gasteiger partial charge >= 0.3 is 0 Å². The van der Waals surface area contributed by atoms with Crippen LogP contribution in [0.2, 0.25) is 5.02 Å². The molecule has 0 aliphatic carbocycles. The Morgan fingerprint density at radius 3 is 2.88 bits per heavy atom. The minimum absolute atomic E-state index is 0.179. The van der Waals surface area contributed by atoms with E-state index in [1.54, 1.807) is 37.3 Å². The van der Waals surface area contributed by atoms with Crippen LogP contribution in [0.25, 0.3) is 0 Å². The summed E-state index contributed by atoms with van der Waals surface area (Å²) in [5, 5.41) is 4.51. The van der Waals surface area contributed by atoms with Crippen molar-refractivity contribution in [2.24, 2.45) is 5.10 Å². The smallest absolute Gasteiger partial charge is 0.277 e. The number of nitrogens with zero attached hydrogens (tertiary/aromatic N) is 1. The van der Waals surface area contributed by atoms with Gasteiger partial charge in [-0.05, 0) is 37.3 Å². The minimum atomic E-state index is -0.380. The molecule has 0 radical (unpaired) electrons. The van der Waals surface area contributed by atoms with Gasteiger partial charge in [0.05, 0.1) is 10.7 Å². The van der Waals surface area contributed by atoms with Gasteiger partial charge in [-0.2, -0.15) is 5.10 Å². The number of halogens is 1. The number of carbonyl (C=O) groups excluding carboxylic acids is 1. The van der Waals surface area contributed by atoms with E-state index in [9.17, 15) is 4.79 Å². The molecular weight excluding hydrogens is 332 g/mol. The first-order valence-electron chi connectivity index (χ1n) is 7.24. The third kappa shape index (κ3) is 3.78. The van der Waals surface area contributed by atoms with Gasteiger partial charge in [-0.1, -0.05) is 23.7 Å². The maximum absolute atomic E-state index is 11.8. The van der Waals surface area contributed by atoms with Gasteiger partial charge in [0.1, 0.15) is 5.75 Å². The fourth-order valence-electron chi connectivity index (χ4n) is 2.07. The van der Waals surface area contributed by atoms with Gasteiger partial charge < -0.3 is 14.2 Å². The third-order valence-electron chi connectivity index (χ3n) is 3.33. The average molecular weight is 347 g/mol. The lowest BCUT2D eigenvalue weighted by atomic mass is 10.1. The second-order valence-electron chi connectivity index (χ2n) is 5.02. The maximum Gasteiger partial charge on any atom is 0.277 e. The van der Waals surface area contributed by atoms with Gasteiger partial charge in [0, 0.05) is 5.56 Å². The maximum atomic E-state index is 11.8. The predicted octanol–water partition coefficient (Wildman–Crippen LogP) is 2.99. The summed E-state index contributed by atoms with van der Waals surface area (Å²) < 4.78 is 15.9. The molecule has 2 aromatic carbocycles. The van der Waals surface area contributed by atoms with Gasteiger partial charge in [0.25, 0.3) is 5.91 Å². The highest BCUT2D eigenvalue weighted by Crippen LogP contribution is 2.32. The van der Waals surface area contributed by atoms with Crippen molar-refractivity contribution in [3.63, 3.8) is 0 Å². The predicted molar refractivity (Wildman–Crippen MR) is 89.9 cm³/mol. The van der Waals surface area contributed by atoms with Crippen LogP contribution in [0.15, 0.2) is 47.6 Å². The molecule has 1 aliphatic rings. The zero-order valence-corrected chi connectivity index (χ0v) is 13.7. The van der Waals surface area contributed by atoms with Crippen molar-refractivity contribution in [2.45, 2.75) is 6.92 Å². The topological polar surface area (TPSA) is 69.2 Å². The van der Waals surface area contributed by atoms with Crippen molar-refractivity contribution in [2.75, 3.05) is 13.4 Å². The average Bonchev–Trinajstić information content (AvgIpc) is 3.06. The van der Waals surface area contributed by atoms with Crippen LogP contribution < -0.4 is 19.6 Å². The summed E-state index contributed by atoms with van der Waals surface area (Å²) in [6, 6.07) is 12.4. The zero-order chi connectivity index (χ0) is 16.9. The van der Waals surface area contributed by atoms with Crippen LogP contribution in [0.4, 0.5) is 0 Å². The Bertz CT molecular complexity index is 792. The molecule has 124 valence electrons. The van der Waals surface area contributed by atoms with E-state index in [1.807, 2.05) is 12.1 Å². The van der Waals surface area contributed by atoms with E-state index < -0.39 is 0 Å². The lowest BCUT2D eigenvalue weighted by Gasteiger charge is -2.07. The minimum Gasteiger partial charge on any atom is -0.482 e. The van der Waals surface area contributed by atoms with Crippen LogP contribution in [0.5, 0.6) is 17.2 Å². The highest BCUT2D eigenvalue weighted by Gasteiger charge is 2.14. The molecule has 0 atom stereocenters. The second-order valence-corrected chi connectivity index (χ2v) is 5.43. The van der Waals surface area contributed by atoms with Crippen molar-refractivity contribution in [3.8, 4) is 17.2 Å². The number of ether oxygens (including phenoxy) is 3. The highest BCUT2D eigenvalue weighted by atomic mass is 35.5. The van der Waals surface area contributed by atoms with Gasteiger partial charge in [-0.3, -0.25) is 4.79 Å². The summed E-state index contributed by atoms with van der Waals surface area (Å²) in [6.07, 6.45) is 0. The summed E-state index contributed by atoms with van der Waals surface area (Å²) >= 11 is 5.96. The van der Waals surface area contributed by atoms with Crippen molar-refractivity contribution in [3.05, 3.63) is 53.1 Å². The second kappa shape index (κ2) is 7.23. The molecule has 0 saturated heterocycles. The molecule has 1 amide bonds. The van der Waals surface area contributed by atoms with E-state index in [0.717, 1.165) is 5.56 Å². The van der Waals surface area contributed by atoms with Crippen molar-refractivity contribution >= 4 is 23.2 Å². The Morgan fingerprint density at radius 2 is 2.04 bits per heavy atom. The Morgan fingerprint density at radius 1 is 1.25 bits per heavy atom. The largest absolute Gasteiger partial charge is 0.482 e. The van der Waals surface area contributed by atoms with Crippen LogP contribution in [-0.2, 0) is 4.79 Å². The summed E-state index contributed by atoms with van der Waals surface area (Å²) in [6.45, 7) is 1.82. The molecule has 0 aromatic heterocycles. The van der Waals surface area contributed by atoms with Gasteiger partial charge in [-0.15, -0.1) is 0 Å². The number of carbonyl (C=O) groups is 1. The lowest BCUT2D eigenvalue weighted by Crippen LogP contribution is -2.25. The monoisotopic (exact) mass is 346 g/mol. The molecular formula is C17H15ClN2O4. The molecule has 0 unspecified atom stereocenters. The molecule has 0 saturated carbocycles. The van der Waals surface area contributed by atoms with Crippen LogP contribution in [-0.4, -0.2) is 25.0 Å². The first-order chi connectivity index (χ1) is 11.6. The number of para-hydroxylation sites is 1. The number of benzene rings is 2. The molecule has 2 aromatic rings. The zero-order valence-electron chi connectivity index (χ0n) is 12.9. The van der Waals surface area contributed by atoms with E-state index in [0.29, 0.717) is 28.0 Å². The highest BCUT2D eigenvalue weighted by molar-refractivity contribution is 6.32. The molecule has 1 heterocycles. The van der Waals surface area contributed by atoms with Gasteiger partial charge in [-0.25, -0.2) is 5.43 Å². The van der Waals surface area contributed by atoms with E-state index in [1.165, 1.54) is 0 Å². The fraction of sp³-hybridized carbons (Fsp3) is 0.176. The number of fused-ring (bicyclic) bond motifs is 1. The van der Waals surface area contributed by atoms with E-state index in [4.69, 9.17) is 25.8 Å². The quantitative estimate of drug-likeness (QED) is 0.667. The van der Waals surface area contributed by atoms with Crippen molar-refractivity contribution < 1.29 is 19.0 Å². The van der Waals surface area contributed by atoms with Gasteiger partial charge in [0.15, 0.2) is 18.1 Å². The Kier molecular flexibility index (Phi) is 4.86. The molecule has 3 rings (SSSR count). The summed E-state index contributed by atoms with van der Waals surface area (Å²) in [4.78, 5) is 11.8. The Balaban J connectivity index is 1.56. The standard InChI is InChI=1S/C17H15ClN2O4/c1-11(12-6-7-15-16(8-12)24-10-23-15)19-20-17(21)9-22-14-5-3-2-4-13(14)18/h2-8H,9-10H2,1H3,(H,20,21)/b19-11+. The first kappa shape index (κ1) is 16.1. The Labute approximate surface area is 144 Å². The summed E-state index contributed by atoms with van der Waals surface area (Å²) in [5.41, 5.74) is 3.91. The summed E-state index contributed by atoms with van der Waals surface area (Å²) in [7, 11) is 0. The van der Waals surface area contributed by atoms with E-state index >= 15 is 0 Å². The van der Waals surface area contributed by atoms with Crippen LogP contribution in [0.3, 0.4) is 0 Å². The van der Waals surface area contributed by atoms with Gasteiger partial charge in [0.2, 0.25) is 6.79 Å². The third-order valence-corrected chi connectivity index (χ3v) is 3.65. The normalized spacial score (nSPS) is 12.8. The first-order valence-corrected chi connectivity index (χ1v) is 7.62. The van der Waals surface area contributed by atoms with Crippen LogP contribution in [0.1, 0.15) is 12.5 Å². The van der Waals surface area contributed by atoms with Crippen molar-refractivity contribution in [1.82, 2.24) is 5.43 Å². The fourth-order valence-corrected chi connectivity index (χ4v) is 2.26. The van der Waals surface area contributed by atoms with Crippen molar-refractivity contribution in [1.29, 1.82) is 0 Å². The number of hydrazone groups is 1. The van der Waals surface area contributed by atoms with Crippen LogP contribution >= 0.6 is 11.6 Å². The van der Waals surface area contributed by atoms with E-state index in [2.05, 4.69) is 10.5 Å². The lowest BCUT2D eigenvalue weighted by molar-refractivity contribution is -0.123. The van der Waals surface area contributed by atoms with E-state index in [-0.39, 0.29) is 19.3 Å². The number of rotatable bonds is 5. The molecule has 0 fully saturated rings. The molecule has 24 heavy (non-hydrogen) atoms. The number of nitrogens with one attached hydrogen (secondary N) is 1. The number of amides is 1. The molecule has 1 N–H and O–H groups in total.